The average Bonchev–Trinajstić information content (AvgIpc) is 3.44. The molecule has 2 aromatic rings. The molecule has 1 fully saturated rings. The van der Waals surface area contributed by atoms with Crippen molar-refractivity contribution in [2.24, 2.45) is 0 Å². The molecule has 2 amide bonds. The maximum Gasteiger partial charge on any atom is 0.296 e. The van der Waals surface area contributed by atoms with Gasteiger partial charge in [-0.3, -0.25) is 14.4 Å². The zero-order chi connectivity index (χ0) is 26.5. The third kappa shape index (κ3) is 3.66. The van der Waals surface area contributed by atoms with Crippen molar-refractivity contribution in [3.63, 3.8) is 0 Å². The molecule has 0 bridgehead atoms. The van der Waals surface area contributed by atoms with Gasteiger partial charge in [0.2, 0.25) is 0 Å². The third-order valence-electron chi connectivity index (χ3n) is 7.28. The zero-order valence-electron chi connectivity index (χ0n) is 21.4. The van der Waals surface area contributed by atoms with Gasteiger partial charge in [0.1, 0.15) is 17.6 Å². The topological polar surface area (TPSA) is 90.4 Å². The smallest absolute Gasteiger partial charge is 0.296 e. The van der Waals surface area contributed by atoms with Crippen molar-refractivity contribution in [1.82, 2.24) is 9.80 Å². The lowest BCUT2D eigenvalue weighted by atomic mass is 9.81. The summed E-state index contributed by atoms with van der Waals surface area (Å²) in [4.78, 5) is 46.4. The molecule has 8 heteroatoms. The van der Waals surface area contributed by atoms with Crippen LogP contribution in [0.1, 0.15) is 30.0 Å². The number of hydrogen-bond donors (Lipinski definition) is 1. The molecule has 5 rings (SSSR count). The van der Waals surface area contributed by atoms with Crippen LogP contribution in [-0.4, -0.2) is 72.3 Å². The molecule has 8 nitrogen and oxygen atoms in total. The molecule has 0 saturated carbocycles. The van der Waals surface area contributed by atoms with Crippen LogP contribution in [0.15, 0.2) is 60.7 Å². The number of benzene rings is 2. The second-order valence-electron chi connectivity index (χ2n) is 10.1. The fourth-order valence-electron chi connectivity index (χ4n) is 5.74. The maximum absolute atomic E-state index is 14.3. The van der Waals surface area contributed by atoms with Gasteiger partial charge in [-0.2, -0.15) is 0 Å². The Morgan fingerprint density at radius 3 is 2.70 bits per heavy atom. The van der Waals surface area contributed by atoms with E-state index in [0.717, 1.165) is 11.3 Å². The zero-order valence-corrected chi connectivity index (χ0v) is 21.4. The van der Waals surface area contributed by atoms with E-state index in [9.17, 15) is 19.5 Å². The monoisotopic (exact) mass is 501 g/mol. The molecule has 0 radical (unpaired) electrons. The van der Waals surface area contributed by atoms with Crippen LogP contribution in [0.25, 0.3) is 5.76 Å². The Hall–Kier alpha value is -3.91. The molecule has 3 aliphatic heterocycles. The average molecular weight is 502 g/mol. The first-order chi connectivity index (χ1) is 17.7. The second kappa shape index (κ2) is 9.19. The number of anilines is 1. The van der Waals surface area contributed by atoms with E-state index in [1.165, 1.54) is 9.80 Å². The van der Waals surface area contributed by atoms with Crippen LogP contribution in [0.2, 0.25) is 0 Å². The molecule has 2 atom stereocenters. The van der Waals surface area contributed by atoms with Crippen molar-refractivity contribution in [1.29, 1.82) is 0 Å². The number of carbonyl (C=O) groups excluding carboxylic acids is 3. The van der Waals surface area contributed by atoms with E-state index in [-0.39, 0.29) is 30.5 Å². The number of Topliss-reactive ketones (excluding diaryl/α,β-unsaturated/α-hetero) is 1. The van der Waals surface area contributed by atoms with Crippen molar-refractivity contribution >= 4 is 29.0 Å². The number of hydrogen-bond acceptors (Lipinski definition) is 6. The van der Waals surface area contributed by atoms with Crippen LogP contribution in [0.5, 0.6) is 5.75 Å². The summed E-state index contributed by atoms with van der Waals surface area (Å²) in [5, 5.41) is 11.7. The maximum atomic E-state index is 14.3. The van der Waals surface area contributed by atoms with Gasteiger partial charge < -0.3 is 24.5 Å². The number of ether oxygens (including phenoxy) is 1. The predicted octanol–water partition coefficient (Wildman–Crippen LogP) is 3.07. The number of likely N-dealkylation sites (tertiary alicyclic amines) is 1. The van der Waals surface area contributed by atoms with E-state index < -0.39 is 23.1 Å². The molecule has 192 valence electrons. The fourth-order valence-corrected chi connectivity index (χ4v) is 5.74. The molecular formula is C29H31N3O5. The number of fused-ring (bicyclic) bond motifs is 3. The lowest BCUT2D eigenvalue weighted by molar-refractivity contribution is -0.143. The highest BCUT2D eigenvalue weighted by molar-refractivity contribution is 6.50. The standard InChI is InChI=1S/C29H31N3O5/c1-5-13-31-22-10-7-6-9-21(22)29(28(31)36)24(26(34)27(35)32(29)15-8-14-30(3)4)25(33)19-11-12-23-20(17-19)16-18(2)37-23/h5-7,9-12,17-18,33H,1,8,13-16H2,2-4H3/b25-24-. The number of aliphatic hydroxyl groups excluding tert-OH is 1. The van der Waals surface area contributed by atoms with Crippen molar-refractivity contribution < 1.29 is 24.2 Å². The molecular weight excluding hydrogens is 470 g/mol. The summed E-state index contributed by atoms with van der Waals surface area (Å²) in [5.74, 6) is -1.74. The van der Waals surface area contributed by atoms with E-state index in [1.54, 1.807) is 48.5 Å². The SMILES string of the molecule is C=CCN1C(=O)C2(/C(=C(\O)c3ccc4c(c3)CC(C)O4)C(=O)C(=O)N2CCCN(C)C)c2ccccc21. The van der Waals surface area contributed by atoms with Crippen molar-refractivity contribution in [2.45, 2.75) is 31.4 Å². The van der Waals surface area contributed by atoms with Crippen molar-refractivity contribution in [2.75, 3.05) is 38.6 Å². The molecule has 0 aliphatic carbocycles. The van der Waals surface area contributed by atoms with Gasteiger partial charge in [0.15, 0.2) is 5.54 Å². The Labute approximate surface area is 216 Å². The minimum absolute atomic E-state index is 0.00372. The summed E-state index contributed by atoms with van der Waals surface area (Å²) in [6, 6.07) is 12.3. The molecule has 3 aliphatic rings. The highest BCUT2D eigenvalue weighted by Crippen LogP contribution is 2.53. The first-order valence-corrected chi connectivity index (χ1v) is 12.5. The molecule has 1 N–H and O–H groups in total. The Balaban J connectivity index is 1.74. The van der Waals surface area contributed by atoms with E-state index in [2.05, 4.69) is 6.58 Å². The summed E-state index contributed by atoms with van der Waals surface area (Å²) in [7, 11) is 3.84. The Morgan fingerprint density at radius 2 is 1.97 bits per heavy atom. The Bertz CT molecular complexity index is 1350. The molecule has 2 unspecified atom stereocenters. The number of amides is 2. The van der Waals surface area contributed by atoms with E-state index in [4.69, 9.17) is 4.74 Å². The summed E-state index contributed by atoms with van der Waals surface area (Å²) < 4.78 is 5.78. The summed E-state index contributed by atoms with van der Waals surface area (Å²) >= 11 is 0. The lowest BCUT2D eigenvalue weighted by Gasteiger charge is -2.34. The highest BCUT2D eigenvalue weighted by atomic mass is 16.5. The van der Waals surface area contributed by atoms with Gasteiger partial charge >= 0.3 is 0 Å². The molecule has 2 aromatic carbocycles. The number of rotatable bonds is 7. The Kier molecular flexibility index (Phi) is 6.15. The van der Waals surface area contributed by atoms with Crippen molar-refractivity contribution in [3.8, 4) is 5.75 Å². The van der Waals surface area contributed by atoms with Crippen LogP contribution >= 0.6 is 0 Å². The first-order valence-electron chi connectivity index (χ1n) is 12.5. The number of carbonyl (C=O) groups is 3. The minimum Gasteiger partial charge on any atom is -0.507 e. The highest BCUT2D eigenvalue weighted by Gasteiger charge is 2.66. The number of para-hydroxylation sites is 1. The molecule has 0 aromatic heterocycles. The lowest BCUT2D eigenvalue weighted by Crippen LogP contribution is -2.52. The van der Waals surface area contributed by atoms with Gasteiger partial charge in [0, 0.05) is 30.6 Å². The van der Waals surface area contributed by atoms with Gasteiger partial charge in [0.05, 0.1) is 11.3 Å². The fraction of sp³-hybridized carbons (Fsp3) is 0.345. The van der Waals surface area contributed by atoms with Gasteiger partial charge in [0.25, 0.3) is 17.6 Å². The van der Waals surface area contributed by atoms with E-state index in [0.29, 0.717) is 36.2 Å². The number of aliphatic hydroxyl groups is 1. The van der Waals surface area contributed by atoms with Gasteiger partial charge in [-0.1, -0.05) is 24.3 Å². The van der Waals surface area contributed by atoms with Crippen LogP contribution in [0.3, 0.4) is 0 Å². The number of nitrogens with zero attached hydrogens (tertiary/aromatic N) is 3. The van der Waals surface area contributed by atoms with Crippen LogP contribution in [0.4, 0.5) is 5.69 Å². The largest absolute Gasteiger partial charge is 0.507 e. The quantitative estimate of drug-likeness (QED) is 0.272. The first kappa shape index (κ1) is 24.8. The minimum atomic E-state index is -1.76. The van der Waals surface area contributed by atoms with E-state index in [1.807, 2.05) is 25.9 Å². The van der Waals surface area contributed by atoms with Gasteiger partial charge in [-0.15, -0.1) is 6.58 Å². The molecule has 1 saturated heterocycles. The van der Waals surface area contributed by atoms with Crippen molar-refractivity contribution in [3.05, 3.63) is 77.4 Å². The second-order valence-corrected chi connectivity index (χ2v) is 10.1. The molecule has 37 heavy (non-hydrogen) atoms. The number of ketones is 1. The molecule has 1 spiro atoms. The summed E-state index contributed by atoms with van der Waals surface area (Å²) in [5.41, 5.74) is 0.414. The molecule has 3 heterocycles. The normalized spacial score (nSPS) is 23.7. The van der Waals surface area contributed by atoms with E-state index >= 15 is 0 Å². The Morgan fingerprint density at radius 1 is 1.22 bits per heavy atom. The predicted molar refractivity (Wildman–Crippen MR) is 140 cm³/mol. The van der Waals surface area contributed by atoms with Crippen LogP contribution in [-0.2, 0) is 26.3 Å². The summed E-state index contributed by atoms with van der Waals surface area (Å²) in [6.45, 7) is 6.78. The van der Waals surface area contributed by atoms with Gasteiger partial charge in [-0.05, 0) is 63.8 Å². The van der Waals surface area contributed by atoms with Crippen LogP contribution < -0.4 is 9.64 Å². The van der Waals surface area contributed by atoms with Gasteiger partial charge in [-0.25, -0.2) is 0 Å². The van der Waals surface area contributed by atoms with Crippen LogP contribution in [0, 0.1) is 0 Å². The third-order valence-corrected chi connectivity index (χ3v) is 7.28. The summed E-state index contributed by atoms with van der Waals surface area (Å²) in [6.07, 6.45) is 2.82.